The fourth-order valence-corrected chi connectivity index (χ4v) is 3.59. The number of nitrogen functional groups attached to an aromatic ring is 1. The van der Waals surface area contributed by atoms with Crippen molar-refractivity contribution in [1.82, 2.24) is 24.6 Å². The highest BCUT2D eigenvalue weighted by atomic mass is 35.5. The predicted octanol–water partition coefficient (Wildman–Crippen LogP) is 0.535. The van der Waals surface area contributed by atoms with Gasteiger partial charge in [0.2, 0.25) is 0 Å². The van der Waals surface area contributed by atoms with E-state index in [4.69, 9.17) is 31.6 Å². The minimum Gasteiger partial charge on any atom is -0.473 e. The molecule has 12 heteroatoms. The number of para-hydroxylation sites is 1. The Morgan fingerprint density at radius 1 is 1.23 bits per heavy atom. The van der Waals surface area contributed by atoms with Crippen LogP contribution in [-0.2, 0) is 9.57 Å². The Kier molecular flexibility index (Phi) is 6.51. The molecule has 0 saturated carbocycles. The second-order valence-electron chi connectivity index (χ2n) is 7.08. The Balaban J connectivity index is 1.33. The van der Waals surface area contributed by atoms with Crippen LogP contribution in [0.1, 0.15) is 6.23 Å². The highest BCUT2D eigenvalue weighted by Crippen LogP contribution is 2.32. The summed E-state index contributed by atoms with van der Waals surface area (Å²) in [7, 11) is 1.68. The summed E-state index contributed by atoms with van der Waals surface area (Å²) < 4.78 is 12.9. The molecule has 166 valence electrons. The van der Waals surface area contributed by atoms with Gasteiger partial charge in [-0.25, -0.2) is 15.0 Å². The van der Waals surface area contributed by atoms with E-state index in [2.05, 4.69) is 15.0 Å². The molecule has 0 bridgehead atoms. The second kappa shape index (κ2) is 9.30. The largest absolute Gasteiger partial charge is 0.473 e. The topological polar surface area (TPSA) is 141 Å². The van der Waals surface area contributed by atoms with Crippen LogP contribution in [-0.4, -0.2) is 78.9 Å². The molecule has 0 radical (unpaired) electrons. The van der Waals surface area contributed by atoms with Gasteiger partial charge >= 0.3 is 0 Å². The number of hydrogen-bond donors (Lipinski definition) is 3. The van der Waals surface area contributed by atoms with Crippen molar-refractivity contribution in [3.8, 4) is 5.75 Å². The van der Waals surface area contributed by atoms with Crippen molar-refractivity contribution >= 4 is 28.6 Å². The molecular formula is C19H23ClN6O5. The van der Waals surface area contributed by atoms with Crippen molar-refractivity contribution in [3.63, 3.8) is 0 Å². The monoisotopic (exact) mass is 450 g/mol. The number of likely N-dealkylation sites (N-methyl/N-ethyl adjacent to an activating group) is 1. The van der Waals surface area contributed by atoms with Crippen LogP contribution in [0.5, 0.6) is 5.75 Å². The summed E-state index contributed by atoms with van der Waals surface area (Å²) in [5.41, 5.74) is 5.93. The molecule has 1 saturated heterocycles. The zero-order valence-electron chi connectivity index (χ0n) is 16.7. The summed E-state index contributed by atoms with van der Waals surface area (Å²) in [6, 6.07) is 9.19. The van der Waals surface area contributed by atoms with Gasteiger partial charge in [-0.2, -0.15) is 5.06 Å². The number of anilines is 1. The smallest absolute Gasteiger partial charge is 0.187 e. The van der Waals surface area contributed by atoms with E-state index in [1.165, 1.54) is 22.3 Å². The fourth-order valence-electron chi connectivity index (χ4n) is 3.29. The van der Waals surface area contributed by atoms with E-state index in [-0.39, 0.29) is 19.0 Å². The first-order valence-electron chi connectivity index (χ1n) is 9.58. The van der Waals surface area contributed by atoms with Gasteiger partial charge in [-0.15, -0.1) is 0 Å². The number of rotatable bonds is 8. The number of aliphatic hydroxyl groups is 2. The third kappa shape index (κ3) is 4.71. The standard InChI is InChI=1S/C19H23ClN6O5/c1-25(7-13(20)30-11-5-3-2-4-6-11)29-8-12-15(27)16(28)19(31-12)26-10-24-14-17(21)22-9-23-18(14)26/h2-6,9-10,12-13,15-16,19,27-28H,7-8H2,1H3,(H2,21,22,23)/t12-,13?,15-,16-,19-/m1/s1. The summed E-state index contributed by atoms with van der Waals surface area (Å²) in [5.74, 6) is 0.861. The van der Waals surface area contributed by atoms with Crippen molar-refractivity contribution in [2.45, 2.75) is 30.1 Å². The number of hydrogen-bond acceptors (Lipinski definition) is 10. The minimum atomic E-state index is -1.21. The zero-order valence-corrected chi connectivity index (χ0v) is 17.4. The fraction of sp³-hybridized carbons (Fsp3) is 0.421. The van der Waals surface area contributed by atoms with Crippen LogP contribution in [0.25, 0.3) is 11.2 Å². The number of benzene rings is 1. The van der Waals surface area contributed by atoms with Gasteiger partial charge in [-0.1, -0.05) is 29.8 Å². The Morgan fingerprint density at radius 3 is 2.77 bits per heavy atom. The minimum absolute atomic E-state index is 0.00999. The number of ether oxygens (including phenoxy) is 2. The number of aromatic nitrogens is 4. The van der Waals surface area contributed by atoms with Gasteiger partial charge < -0.3 is 25.4 Å². The van der Waals surface area contributed by atoms with Gasteiger partial charge in [0, 0.05) is 7.05 Å². The number of alkyl halides is 1. The van der Waals surface area contributed by atoms with Crippen LogP contribution in [0.4, 0.5) is 5.82 Å². The van der Waals surface area contributed by atoms with E-state index < -0.39 is 30.1 Å². The number of nitrogens with two attached hydrogens (primary N) is 1. The van der Waals surface area contributed by atoms with Gasteiger partial charge in [0.05, 0.1) is 19.5 Å². The Labute approximate surface area is 182 Å². The number of fused-ring (bicyclic) bond motifs is 1. The molecule has 1 aliphatic heterocycles. The quantitative estimate of drug-likeness (QED) is 0.328. The molecule has 0 amide bonds. The molecule has 1 aliphatic rings. The predicted molar refractivity (Wildman–Crippen MR) is 111 cm³/mol. The molecule has 11 nitrogen and oxygen atoms in total. The molecule has 0 aliphatic carbocycles. The number of hydroxylamine groups is 2. The van der Waals surface area contributed by atoms with Crippen molar-refractivity contribution < 1.29 is 24.5 Å². The van der Waals surface area contributed by atoms with Gasteiger partial charge in [-0.05, 0) is 12.1 Å². The molecule has 4 rings (SSSR count). The molecule has 31 heavy (non-hydrogen) atoms. The number of imidazole rings is 1. The molecular weight excluding hydrogens is 428 g/mol. The first-order chi connectivity index (χ1) is 14.9. The average Bonchev–Trinajstić information content (AvgIpc) is 3.30. The molecule has 3 heterocycles. The molecule has 2 aromatic heterocycles. The lowest BCUT2D eigenvalue weighted by molar-refractivity contribution is -0.183. The lowest BCUT2D eigenvalue weighted by Crippen LogP contribution is -2.37. The van der Waals surface area contributed by atoms with Crippen LogP contribution < -0.4 is 10.5 Å². The maximum Gasteiger partial charge on any atom is 0.187 e. The maximum atomic E-state index is 10.5. The van der Waals surface area contributed by atoms with Crippen molar-refractivity contribution in [2.75, 3.05) is 25.9 Å². The van der Waals surface area contributed by atoms with Gasteiger partial charge in [0.25, 0.3) is 0 Å². The van der Waals surface area contributed by atoms with Crippen molar-refractivity contribution in [3.05, 3.63) is 43.0 Å². The van der Waals surface area contributed by atoms with E-state index in [0.29, 0.717) is 16.9 Å². The van der Waals surface area contributed by atoms with Crippen LogP contribution in [0.2, 0.25) is 0 Å². The number of halogens is 1. The highest BCUT2D eigenvalue weighted by Gasteiger charge is 2.44. The molecule has 1 fully saturated rings. The summed E-state index contributed by atoms with van der Waals surface area (Å²) in [4.78, 5) is 17.8. The van der Waals surface area contributed by atoms with Gasteiger partial charge in [0.1, 0.15) is 35.9 Å². The SMILES string of the molecule is CN(CC(Cl)Oc1ccccc1)OC[C@H]1O[C@@H](n2cnc3c(N)ncnc32)[C@H](O)[C@@H]1O. The molecule has 3 aromatic rings. The van der Waals surface area contributed by atoms with E-state index in [0.717, 1.165) is 0 Å². The van der Waals surface area contributed by atoms with Crippen LogP contribution in [0.15, 0.2) is 43.0 Å². The normalized spacial score (nSPS) is 24.7. The van der Waals surface area contributed by atoms with Crippen molar-refractivity contribution in [1.29, 1.82) is 0 Å². The summed E-state index contributed by atoms with van der Waals surface area (Å²) in [6.45, 7) is 0.248. The first kappa shape index (κ1) is 21.7. The molecule has 4 N–H and O–H groups in total. The Hall–Kier alpha value is -2.54. The lowest BCUT2D eigenvalue weighted by atomic mass is 10.1. The van der Waals surface area contributed by atoms with Crippen molar-refractivity contribution in [2.24, 2.45) is 0 Å². The molecule has 1 unspecified atom stereocenters. The van der Waals surface area contributed by atoms with Gasteiger partial charge in [0.15, 0.2) is 23.3 Å². The van der Waals surface area contributed by atoms with Crippen LogP contribution in [0.3, 0.4) is 0 Å². The maximum absolute atomic E-state index is 10.5. The first-order valence-corrected chi connectivity index (χ1v) is 10.0. The second-order valence-corrected chi connectivity index (χ2v) is 7.56. The number of nitrogens with zero attached hydrogens (tertiary/aromatic N) is 5. The molecule has 1 aromatic carbocycles. The van der Waals surface area contributed by atoms with Crippen LogP contribution in [0, 0.1) is 0 Å². The zero-order chi connectivity index (χ0) is 22.0. The summed E-state index contributed by atoms with van der Waals surface area (Å²) in [6.07, 6.45) is -1.36. The highest BCUT2D eigenvalue weighted by molar-refractivity contribution is 6.20. The Bertz CT molecular complexity index is 1010. The number of aliphatic hydroxyl groups excluding tert-OH is 2. The van der Waals surface area contributed by atoms with E-state index >= 15 is 0 Å². The average molecular weight is 451 g/mol. The summed E-state index contributed by atoms with van der Waals surface area (Å²) in [5, 5.41) is 22.4. The van der Waals surface area contributed by atoms with Gasteiger partial charge in [-0.3, -0.25) is 9.40 Å². The Morgan fingerprint density at radius 2 is 2.00 bits per heavy atom. The third-order valence-electron chi connectivity index (χ3n) is 4.87. The molecule has 0 spiro atoms. The lowest BCUT2D eigenvalue weighted by Gasteiger charge is -2.23. The van der Waals surface area contributed by atoms with E-state index in [1.54, 1.807) is 19.2 Å². The summed E-state index contributed by atoms with van der Waals surface area (Å²) >= 11 is 6.22. The third-order valence-corrected chi connectivity index (χ3v) is 5.09. The van der Waals surface area contributed by atoms with E-state index in [9.17, 15) is 10.2 Å². The molecule has 5 atom stereocenters. The van der Waals surface area contributed by atoms with Crippen LogP contribution >= 0.6 is 11.6 Å². The van der Waals surface area contributed by atoms with E-state index in [1.807, 2.05) is 18.2 Å².